The lowest BCUT2D eigenvalue weighted by Crippen LogP contribution is -2.51. The number of esters is 1. The van der Waals surface area contributed by atoms with Gasteiger partial charge in [0, 0.05) is 6.20 Å². The van der Waals surface area contributed by atoms with Crippen LogP contribution in [-0.2, 0) is 19.6 Å². The summed E-state index contributed by atoms with van der Waals surface area (Å²) in [5.41, 5.74) is 1.34. The van der Waals surface area contributed by atoms with Gasteiger partial charge in [0.15, 0.2) is 5.82 Å². The van der Waals surface area contributed by atoms with Gasteiger partial charge < -0.3 is 4.74 Å². The van der Waals surface area contributed by atoms with Crippen LogP contribution in [0.5, 0.6) is 0 Å². The van der Waals surface area contributed by atoms with E-state index in [1.807, 2.05) is 13.0 Å². The predicted octanol–water partition coefficient (Wildman–Crippen LogP) is 2.60. The monoisotopic (exact) mass is 389 g/mol. The number of pyridine rings is 1. The third-order valence-electron chi connectivity index (χ3n) is 3.84. The molecule has 1 aliphatic rings. The highest BCUT2D eigenvalue weighted by molar-refractivity contribution is 7.90. The van der Waals surface area contributed by atoms with E-state index in [-0.39, 0.29) is 10.7 Å². The summed E-state index contributed by atoms with van der Waals surface area (Å²) in [6, 6.07) is 8.95. The summed E-state index contributed by atoms with van der Waals surface area (Å²) in [6.45, 7) is 4.42. The third kappa shape index (κ3) is 3.50. The molecule has 0 unspecified atom stereocenters. The van der Waals surface area contributed by atoms with Crippen molar-refractivity contribution in [2.75, 3.05) is 11.4 Å². The average Bonchev–Trinajstić information content (AvgIpc) is 2.58. The molecule has 0 N–H and O–H groups in total. The molecular weight excluding hydrogens is 370 g/mol. The predicted molar refractivity (Wildman–Crippen MR) is 98.1 cm³/mol. The molecule has 0 spiro atoms. The molecular formula is C18H19N3O5S. The van der Waals surface area contributed by atoms with E-state index < -0.39 is 34.7 Å². The van der Waals surface area contributed by atoms with E-state index in [4.69, 9.17) is 4.74 Å². The number of carbonyl (C=O) groups is 2. The molecule has 0 atom stereocenters. The molecule has 2 aromatic rings. The molecule has 27 heavy (non-hydrogen) atoms. The summed E-state index contributed by atoms with van der Waals surface area (Å²) < 4.78 is 31.3. The van der Waals surface area contributed by atoms with Crippen LogP contribution in [0.15, 0.2) is 47.5 Å². The highest BCUT2D eigenvalue weighted by Gasteiger charge is 2.44. The number of fused-ring (bicyclic) bond motifs is 1. The fourth-order valence-electron chi connectivity index (χ4n) is 2.74. The van der Waals surface area contributed by atoms with Crippen LogP contribution in [0.25, 0.3) is 0 Å². The number of amides is 2. The summed E-state index contributed by atoms with van der Waals surface area (Å²) in [5, 5.41) is 0. The SMILES string of the molecule is Cc1cccc(N2C(=O)N(CC(=O)OC(C)C)S(=O)(=O)c3cccnc32)c1. The number of benzene rings is 1. The average molecular weight is 389 g/mol. The van der Waals surface area contributed by atoms with Crippen molar-refractivity contribution >= 4 is 33.5 Å². The molecule has 0 fully saturated rings. The largest absolute Gasteiger partial charge is 0.462 e. The van der Waals surface area contributed by atoms with E-state index in [1.54, 1.807) is 32.0 Å². The number of nitrogens with zero attached hydrogens (tertiary/aromatic N) is 3. The van der Waals surface area contributed by atoms with Crippen molar-refractivity contribution in [3.8, 4) is 0 Å². The molecule has 142 valence electrons. The van der Waals surface area contributed by atoms with Crippen molar-refractivity contribution in [2.45, 2.75) is 31.8 Å². The van der Waals surface area contributed by atoms with Crippen LogP contribution in [0, 0.1) is 6.92 Å². The zero-order valence-corrected chi connectivity index (χ0v) is 15.9. The highest BCUT2D eigenvalue weighted by atomic mass is 32.2. The minimum Gasteiger partial charge on any atom is -0.462 e. The molecule has 0 aliphatic carbocycles. The zero-order chi connectivity index (χ0) is 19.8. The Bertz CT molecular complexity index is 1000. The quantitative estimate of drug-likeness (QED) is 0.746. The van der Waals surface area contributed by atoms with E-state index in [9.17, 15) is 18.0 Å². The van der Waals surface area contributed by atoms with E-state index in [1.165, 1.54) is 23.2 Å². The van der Waals surface area contributed by atoms with Crippen molar-refractivity contribution in [1.29, 1.82) is 0 Å². The van der Waals surface area contributed by atoms with Gasteiger partial charge in [-0.05, 0) is 50.6 Å². The first kappa shape index (κ1) is 18.8. The number of aryl methyl sites for hydroxylation is 1. The summed E-state index contributed by atoms with van der Waals surface area (Å²) in [5.74, 6) is -0.806. The maximum Gasteiger partial charge on any atom is 0.344 e. The number of sulfonamides is 1. The Balaban J connectivity index is 2.12. The third-order valence-corrected chi connectivity index (χ3v) is 5.58. The Kier molecular flexibility index (Phi) is 4.88. The minimum atomic E-state index is -4.24. The first-order valence-electron chi connectivity index (χ1n) is 8.30. The summed E-state index contributed by atoms with van der Waals surface area (Å²) >= 11 is 0. The molecule has 9 heteroatoms. The highest BCUT2D eigenvalue weighted by Crippen LogP contribution is 2.37. The molecule has 2 amide bonds. The maximum absolute atomic E-state index is 13.1. The normalized spacial score (nSPS) is 15.6. The lowest BCUT2D eigenvalue weighted by Gasteiger charge is -2.34. The Hall–Kier alpha value is -2.94. The topological polar surface area (TPSA) is 96.9 Å². The smallest absolute Gasteiger partial charge is 0.344 e. The minimum absolute atomic E-state index is 0.00146. The second-order valence-corrected chi connectivity index (χ2v) is 8.16. The van der Waals surface area contributed by atoms with Crippen molar-refractivity contribution in [3.63, 3.8) is 0 Å². The van der Waals surface area contributed by atoms with Crippen LogP contribution in [-0.4, -0.2) is 42.4 Å². The summed E-state index contributed by atoms with van der Waals surface area (Å²) in [7, 11) is -4.24. The number of hydrogen-bond acceptors (Lipinski definition) is 6. The molecule has 0 saturated heterocycles. The first-order valence-corrected chi connectivity index (χ1v) is 9.74. The van der Waals surface area contributed by atoms with Gasteiger partial charge in [-0.1, -0.05) is 12.1 Å². The van der Waals surface area contributed by atoms with Crippen LogP contribution in [0.2, 0.25) is 0 Å². The van der Waals surface area contributed by atoms with Crippen molar-refractivity contribution in [1.82, 2.24) is 9.29 Å². The van der Waals surface area contributed by atoms with Gasteiger partial charge in [-0.15, -0.1) is 0 Å². The molecule has 1 aromatic heterocycles. The van der Waals surface area contributed by atoms with Gasteiger partial charge in [0.2, 0.25) is 0 Å². The van der Waals surface area contributed by atoms with Gasteiger partial charge in [0.1, 0.15) is 11.4 Å². The first-order chi connectivity index (χ1) is 12.7. The molecule has 1 aromatic carbocycles. The van der Waals surface area contributed by atoms with Crippen LogP contribution < -0.4 is 4.90 Å². The molecule has 8 nitrogen and oxygen atoms in total. The zero-order valence-electron chi connectivity index (χ0n) is 15.1. The Morgan fingerprint density at radius 1 is 1.22 bits per heavy atom. The molecule has 3 rings (SSSR count). The Morgan fingerprint density at radius 2 is 1.96 bits per heavy atom. The van der Waals surface area contributed by atoms with E-state index in [0.29, 0.717) is 9.99 Å². The molecule has 1 aliphatic heterocycles. The lowest BCUT2D eigenvalue weighted by atomic mass is 10.2. The molecule has 0 bridgehead atoms. The summed E-state index contributed by atoms with van der Waals surface area (Å²) in [6.07, 6.45) is 0.981. The van der Waals surface area contributed by atoms with Crippen molar-refractivity contribution in [2.24, 2.45) is 0 Å². The molecule has 0 saturated carbocycles. The number of urea groups is 1. The van der Waals surface area contributed by atoms with Gasteiger partial charge in [-0.2, -0.15) is 0 Å². The molecule has 2 heterocycles. The second kappa shape index (κ2) is 6.99. The van der Waals surface area contributed by atoms with Gasteiger partial charge in [0.05, 0.1) is 11.8 Å². The van der Waals surface area contributed by atoms with Crippen molar-refractivity contribution in [3.05, 3.63) is 48.2 Å². The maximum atomic E-state index is 13.1. The van der Waals surface area contributed by atoms with Crippen LogP contribution >= 0.6 is 0 Å². The van der Waals surface area contributed by atoms with Gasteiger partial charge in [-0.3, -0.25) is 4.79 Å². The van der Waals surface area contributed by atoms with Crippen LogP contribution in [0.4, 0.5) is 16.3 Å². The van der Waals surface area contributed by atoms with Crippen molar-refractivity contribution < 1.29 is 22.7 Å². The summed E-state index contributed by atoms with van der Waals surface area (Å²) in [4.78, 5) is 30.2. The van der Waals surface area contributed by atoms with Gasteiger partial charge in [0.25, 0.3) is 10.0 Å². The standard InChI is InChI=1S/C18H19N3O5S/c1-12(2)26-16(22)11-20-18(23)21(14-7-4-6-13(3)10-14)17-15(27(20,24)25)8-5-9-19-17/h4-10,12H,11H2,1-3H3. The Morgan fingerprint density at radius 3 is 2.63 bits per heavy atom. The fraction of sp³-hybridized carbons (Fsp3) is 0.278. The number of rotatable bonds is 4. The van der Waals surface area contributed by atoms with E-state index >= 15 is 0 Å². The van der Waals surface area contributed by atoms with Gasteiger partial charge >= 0.3 is 12.0 Å². The van der Waals surface area contributed by atoms with Crippen LogP contribution in [0.1, 0.15) is 19.4 Å². The number of aromatic nitrogens is 1. The fourth-order valence-corrected chi connectivity index (χ4v) is 4.17. The van der Waals surface area contributed by atoms with Gasteiger partial charge in [-0.25, -0.2) is 27.4 Å². The molecule has 0 radical (unpaired) electrons. The van der Waals surface area contributed by atoms with E-state index in [2.05, 4.69) is 4.98 Å². The number of ether oxygens (including phenoxy) is 1. The number of anilines is 2. The second-order valence-electron chi connectivity index (χ2n) is 6.33. The van der Waals surface area contributed by atoms with Crippen LogP contribution in [0.3, 0.4) is 0 Å². The number of hydrogen-bond donors (Lipinski definition) is 0. The Labute approximate surface area is 157 Å². The lowest BCUT2D eigenvalue weighted by molar-refractivity contribution is -0.147. The number of carbonyl (C=O) groups excluding carboxylic acids is 2. The van der Waals surface area contributed by atoms with E-state index in [0.717, 1.165) is 5.56 Å².